The molecule has 0 saturated carbocycles. The van der Waals surface area contributed by atoms with Crippen LogP contribution in [-0.4, -0.2) is 13.0 Å². The van der Waals surface area contributed by atoms with Crippen LogP contribution in [0.3, 0.4) is 0 Å². The van der Waals surface area contributed by atoms with Gasteiger partial charge in [-0.3, -0.25) is 4.79 Å². The van der Waals surface area contributed by atoms with Gasteiger partial charge in [0.1, 0.15) is 0 Å². The summed E-state index contributed by atoms with van der Waals surface area (Å²) in [6.07, 6.45) is 1.22. The first kappa shape index (κ1) is 14.5. The van der Waals surface area contributed by atoms with Crippen molar-refractivity contribution in [3.05, 3.63) is 67.3 Å². The highest BCUT2D eigenvalue weighted by molar-refractivity contribution is 5.86. The number of carbonyl (C=O) groups excluding carboxylic acids is 1. The predicted molar refractivity (Wildman–Crippen MR) is 80.6 cm³/mol. The van der Waals surface area contributed by atoms with Crippen LogP contribution >= 0.6 is 0 Å². The Balaban J connectivity index is 0.000000258. The maximum Gasteiger partial charge on any atom is 0.243 e. The molecule has 98 valence electrons. The van der Waals surface area contributed by atoms with Crippen LogP contribution in [0.1, 0.15) is 0 Å². The van der Waals surface area contributed by atoms with Crippen molar-refractivity contribution in [2.45, 2.75) is 0 Å². The molecule has 0 radical (unpaired) electrons. The molecule has 0 spiro atoms. The summed E-state index contributed by atoms with van der Waals surface area (Å²) in [4.78, 5) is 9.95. The molecule has 1 amide bonds. The monoisotopic (exact) mass is 254 g/mol. The van der Waals surface area contributed by atoms with E-state index in [0.29, 0.717) is 0 Å². The van der Waals surface area contributed by atoms with Crippen LogP contribution in [0.25, 0.3) is 11.1 Å². The summed E-state index contributed by atoms with van der Waals surface area (Å²) < 4.78 is 0. The molecule has 0 aromatic heterocycles. The number of carbonyl (C=O) groups is 1. The summed E-state index contributed by atoms with van der Waals surface area (Å²) >= 11 is 0. The molecule has 0 aliphatic rings. The van der Waals surface area contributed by atoms with E-state index in [1.807, 2.05) is 42.5 Å². The van der Waals surface area contributed by atoms with E-state index in [4.69, 9.17) is 5.73 Å². The Morgan fingerprint density at radius 2 is 1.58 bits per heavy atom. The van der Waals surface area contributed by atoms with Crippen LogP contribution in [-0.2, 0) is 4.79 Å². The van der Waals surface area contributed by atoms with E-state index >= 15 is 0 Å². The maximum atomic E-state index is 9.95. The molecule has 2 rings (SSSR count). The van der Waals surface area contributed by atoms with Crippen molar-refractivity contribution in [3.8, 4) is 11.1 Å². The standard InChI is InChI=1S/C12H11N.C4H7NO/c13-12-8-6-11(7-9-12)10-4-2-1-3-5-10;1-3-4(6)5-2/h1-9H,13H2;3H,1H2,2H3,(H,5,6). The number of hydrogen-bond acceptors (Lipinski definition) is 2. The van der Waals surface area contributed by atoms with Crippen LogP contribution < -0.4 is 11.1 Å². The second-order valence-electron chi connectivity index (χ2n) is 3.81. The zero-order valence-corrected chi connectivity index (χ0v) is 11.0. The largest absolute Gasteiger partial charge is 0.399 e. The van der Waals surface area contributed by atoms with Crippen molar-refractivity contribution in [3.63, 3.8) is 0 Å². The van der Waals surface area contributed by atoms with Crippen molar-refractivity contribution in [2.24, 2.45) is 0 Å². The van der Waals surface area contributed by atoms with Crippen LogP contribution in [0, 0.1) is 0 Å². The van der Waals surface area contributed by atoms with Gasteiger partial charge < -0.3 is 11.1 Å². The van der Waals surface area contributed by atoms with Gasteiger partial charge in [-0.15, -0.1) is 0 Å². The zero-order valence-electron chi connectivity index (χ0n) is 11.0. The molecular weight excluding hydrogens is 236 g/mol. The number of nitrogen functional groups attached to an aromatic ring is 1. The van der Waals surface area contributed by atoms with Crippen molar-refractivity contribution in [1.29, 1.82) is 0 Å². The second kappa shape index (κ2) is 7.71. The lowest BCUT2D eigenvalue weighted by atomic mass is 10.1. The van der Waals surface area contributed by atoms with Crippen molar-refractivity contribution < 1.29 is 4.79 Å². The Bertz CT molecular complexity index is 518. The van der Waals surface area contributed by atoms with E-state index in [9.17, 15) is 4.79 Å². The number of likely N-dealkylation sites (N-methyl/N-ethyl adjacent to an activating group) is 1. The molecule has 0 atom stereocenters. The van der Waals surface area contributed by atoms with Gasteiger partial charge in [0, 0.05) is 12.7 Å². The van der Waals surface area contributed by atoms with Gasteiger partial charge in [-0.1, -0.05) is 49.0 Å². The minimum atomic E-state index is -0.144. The van der Waals surface area contributed by atoms with E-state index in [0.717, 1.165) is 5.69 Å². The molecule has 0 aliphatic heterocycles. The number of hydrogen-bond donors (Lipinski definition) is 2. The van der Waals surface area contributed by atoms with Crippen LogP contribution in [0.2, 0.25) is 0 Å². The van der Waals surface area contributed by atoms with E-state index in [-0.39, 0.29) is 5.91 Å². The molecule has 0 unspecified atom stereocenters. The average molecular weight is 254 g/mol. The third kappa shape index (κ3) is 5.08. The Kier molecular flexibility index (Phi) is 5.89. The third-order valence-electron chi connectivity index (χ3n) is 2.45. The molecule has 3 heteroatoms. The number of benzene rings is 2. The lowest BCUT2D eigenvalue weighted by molar-refractivity contribution is -0.116. The summed E-state index contributed by atoms with van der Waals surface area (Å²) in [6, 6.07) is 18.2. The zero-order chi connectivity index (χ0) is 14.1. The predicted octanol–water partition coefficient (Wildman–Crippen LogP) is 2.85. The van der Waals surface area contributed by atoms with Crippen LogP contribution in [0.5, 0.6) is 0 Å². The summed E-state index contributed by atoms with van der Waals surface area (Å²) in [5.41, 5.74) is 8.84. The molecule has 0 bridgehead atoms. The van der Waals surface area contributed by atoms with E-state index in [2.05, 4.69) is 24.0 Å². The number of nitrogens with one attached hydrogen (secondary N) is 1. The molecule has 3 nitrogen and oxygen atoms in total. The Labute approximate surface area is 113 Å². The van der Waals surface area contributed by atoms with E-state index in [1.165, 1.54) is 17.2 Å². The van der Waals surface area contributed by atoms with Gasteiger partial charge in [-0.05, 0) is 29.3 Å². The van der Waals surface area contributed by atoms with Gasteiger partial charge in [-0.2, -0.15) is 0 Å². The topological polar surface area (TPSA) is 55.1 Å². The first-order valence-electron chi connectivity index (χ1n) is 5.92. The Morgan fingerprint density at radius 3 is 2.00 bits per heavy atom. The van der Waals surface area contributed by atoms with Crippen molar-refractivity contribution >= 4 is 11.6 Å². The van der Waals surface area contributed by atoms with Crippen molar-refractivity contribution in [2.75, 3.05) is 12.8 Å². The lowest BCUT2D eigenvalue weighted by Gasteiger charge is -2.00. The van der Waals surface area contributed by atoms with Gasteiger partial charge in [0.25, 0.3) is 0 Å². The summed E-state index contributed by atoms with van der Waals surface area (Å²) in [7, 11) is 1.56. The molecule has 0 saturated heterocycles. The quantitative estimate of drug-likeness (QED) is 0.639. The molecule has 0 fully saturated rings. The fourth-order valence-electron chi connectivity index (χ4n) is 1.41. The fourth-order valence-corrected chi connectivity index (χ4v) is 1.41. The molecule has 19 heavy (non-hydrogen) atoms. The number of anilines is 1. The first-order chi connectivity index (χ1) is 9.17. The van der Waals surface area contributed by atoms with Gasteiger partial charge in [-0.25, -0.2) is 0 Å². The molecule has 2 aromatic rings. The van der Waals surface area contributed by atoms with Gasteiger partial charge in [0.2, 0.25) is 5.91 Å². The van der Waals surface area contributed by atoms with Crippen LogP contribution in [0.15, 0.2) is 67.3 Å². The van der Waals surface area contributed by atoms with Crippen LogP contribution in [0.4, 0.5) is 5.69 Å². The first-order valence-corrected chi connectivity index (χ1v) is 5.92. The van der Waals surface area contributed by atoms with Gasteiger partial charge in [0.05, 0.1) is 0 Å². The highest BCUT2D eigenvalue weighted by Gasteiger charge is 1.94. The molecule has 2 aromatic carbocycles. The number of amides is 1. The average Bonchev–Trinajstić information content (AvgIpc) is 2.48. The molecule has 0 heterocycles. The lowest BCUT2D eigenvalue weighted by Crippen LogP contribution is -2.13. The van der Waals surface area contributed by atoms with E-state index in [1.54, 1.807) is 7.05 Å². The fraction of sp³-hybridized carbons (Fsp3) is 0.0625. The third-order valence-corrected chi connectivity index (χ3v) is 2.45. The Morgan fingerprint density at radius 1 is 1.05 bits per heavy atom. The summed E-state index contributed by atoms with van der Waals surface area (Å²) in [5, 5.41) is 2.36. The minimum absolute atomic E-state index is 0.144. The van der Waals surface area contributed by atoms with Gasteiger partial charge >= 0.3 is 0 Å². The number of rotatable bonds is 2. The highest BCUT2D eigenvalue weighted by Crippen LogP contribution is 2.19. The normalized spacial score (nSPS) is 8.89. The van der Waals surface area contributed by atoms with E-state index < -0.39 is 0 Å². The maximum absolute atomic E-state index is 9.95. The summed E-state index contributed by atoms with van der Waals surface area (Å²) in [6.45, 7) is 3.22. The van der Waals surface area contributed by atoms with Crippen molar-refractivity contribution in [1.82, 2.24) is 5.32 Å². The molecule has 0 aliphatic carbocycles. The molecular formula is C16H18N2O. The molecule has 3 N–H and O–H groups in total. The highest BCUT2D eigenvalue weighted by atomic mass is 16.1. The summed E-state index contributed by atoms with van der Waals surface area (Å²) in [5.74, 6) is -0.144. The number of nitrogens with two attached hydrogens (primary N) is 1. The SMILES string of the molecule is C=CC(=O)NC.Nc1ccc(-c2ccccc2)cc1. The second-order valence-corrected chi connectivity index (χ2v) is 3.81. The minimum Gasteiger partial charge on any atom is -0.399 e. The Hall–Kier alpha value is -2.55. The van der Waals surface area contributed by atoms with Gasteiger partial charge in [0.15, 0.2) is 0 Å². The smallest absolute Gasteiger partial charge is 0.243 e.